The number of rotatable bonds is 5. The van der Waals surface area contributed by atoms with Crippen molar-refractivity contribution in [3.63, 3.8) is 0 Å². The number of benzene rings is 1. The van der Waals surface area contributed by atoms with E-state index in [-0.39, 0.29) is 30.1 Å². The van der Waals surface area contributed by atoms with Crippen LogP contribution in [0.2, 0.25) is 0 Å². The summed E-state index contributed by atoms with van der Waals surface area (Å²) in [5, 5.41) is 6.00. The van der Waals surface area contributed by atoms with Crippen LogP contribution in [0, 0.1) is 6.92 Å². The number of nitrogens with two attached hydrogens (primary N) is 1. The monoisotopic (exact) mass is 432 g/mol. The summed E-state index contributed by atoms with van der Waals surface area (Å²) in [5.41, 5.74) is 8.89. The quantitative estimate of drug-likeness (QED) is 0.429. The highest BCUT2D eigenvalue weighted by Crippen LogP contribution is 2.20. The summed E-state index contributed by atoms with van der Waals surface area (Å²) in [6.07, 6.45) is 0.00972. The molecule has 2 rings (SSSR count). The van der Waals surface area contributed by atoms with Crippen molar-refractivity contribution in [2.24, 2.45) is 10.7 Å². The highest BCUT2D eigenvalue weighted by molar-refractivity contribution is 14.0. The molecule has 0 aliphatic carbocycles. The van der Waals surface area contributed by atoms with Crippen LogP contribution in [0.5, 0.6) is 0 Å². The zero-order valence-electron chi connectivity index (χ0n) is 12.9. The lowest BCUT2D eigenvalue weighted by molar-refractivity contribution is 0.119. The molecule has 5 nitrogen and oxygen atoms in total. The minimum absolute atomic E-state index is 0. The largest absolute Gasteiger partial charge is 0.375 e. The first-order valence-corrected chi connectivity index (χ1v) is 7.57. The van der Waals surface area contributed by atoms with E-state index in [4.69, 9.17) is 10.5 Å². The number of hydrogen-bond donors (Lipinski definition) is 2. The Morgan fingerprint density at radius 3 is 2.95 bits per heavy atom. The van der Waals surface area contributed by atoms with Gasteiger partial charge in [0.25, 0.3) is 0 Å². The summed E-state index contributed by atoms with van der Waals surface area (Å²) in [4.78, 5) is 8.78. The predicted octanol–water partition coefficient (Wildman–Crippen LogP) is 3.70. The van der Waals surface area contributed by atoms with Crippen LogP contribution in [0.25, 0.3) is 0 Å². The van der Waals surface area contributed by atoms with Crippen molar-refractivity contribution in [1.82, 2.24) is 4.98 Å². The third-order valence-electron chi connectivity index (χ3n) is 2.97. The first-order chi connectivity index (χ1) is 10.1. The van der Waals surface area contributed by atoms with Gasteiger partial charge in [-0.15, -0.1) is 35.3 Å². The van der Waals surface area contributed by atoms with E-state index in [1.54, 1.807) is 18.4 Å². The number of nitrogens with one attached hydrogen (secondary N) is 1. The number of anilines is 1. The second-order valence-electron chi connectivity index (χ2n) is 4.75. The Hall–Kier alpha value is -1.19. The van der Waals surface area contributed by atoms with Gasteiger partial charge in [0, 0.05) is 18.2 Å². The van der Waals surface area contributed by atoms with Gasteiger partial charge in [0.2, 0.25) is 0 Å². The average molecular weight is 432 g/mol. The number of ether oxygens (including phenoxy) is 1. The second kappa shape index (κ2) is 9.06. The van der Waals surface area contributed by atoms with E-state index in [1.807, 2.05) is 43.5 Å². The van der Waals surface area contributed by atoms with Crippen molar-refractivity contribution in [3.8, 4) is 0 Å². The minimum atomic E-state index is 0. The number of hydrogen-bond acceptors (Lipinski definition) is 4. The van der Waals surface area contributed by atoms with E-state index >= 15 is 0 Å². The van der Waals surface area contributed by atoms with Gasteiger partial charge in [0.15, 0.2) is 5.96 Å². The van der Waals surface area contributed by atoms with Crippen molar-refractivity contribution in [2.45, 2.75) is 26.5 Å². The molecule has 0 fully saturated rings. The molecule has 1 aromatic heterocycles. The van der Waals surface area contributed by atoms with E-state index in [0.717, 1.165) is 16.4 Å². The predicted molar refractivity (Wildman–Crippen MR) is 103 cm³/mol. The zero-order chi connectivity index (χ0) is 15.2. The molecule has 3 N–H and O–H groups in total. The van der Waals surface area contributed by atoms with Crippen molar-refractivity contribution in [3.05, 3.63) is 45.9 Å². The molecular weight excluding hydrogens is 411 g/mol. The summed E-state index contributed by atoms with van der Waals surface area (Å²) in [5.74, 6) is 0.384. The van der Waals surface area contributed by atoms with Crippen LogP contribution in [-0.4, -0.2) is 18.1 Å². The topological polar surface area (TPSA) is 72.5 Å². The van der Waals surface area contributed by atoms with E-state index in [0.29, 0.717) is 12.5 Å². The molecule has 120 valence electrons. The number of nitrogens with zero attached hydrogens (tertiary/aromatic N) is 2. The first-order valence-electron chi connectivity index (χ1n) is 6.69. The fourth-order valence-corrected chi connectivity index (χ4v) is 2.60. The molecule has 1 aromatic carbocycles. The Kier molecular flexibility index (Phi) is 7.77. The summed E-state index contributed by atoms with van der Waals surface area (Å²) >= 11 is 1.57. The molecule has 0 aliphatic rings. The maximum Gasteiger partial charge on any atom is 0.193 e. The van der Waals surface area contributed by atoms with Gasteiger partial charge in [0.05, 0.1) is 12.2 Å². The molecular formula is C15H21IN4OS. The number of aryl methyl sites for hydroxylation is 1. The minimum Gasteiger partial charge on any atom is -0.375 e. The van der Waals surface area contributed by atoms with Crippen molar-refractivity contribution >= 4 is 47.0 Å². The smallest absolute Gasteiger partial charge is 0.193 e. The lowest BCUT2D eigenvalue weighted by Crippen LogP contribution is -2.22. The van der Waals surface area contributed by atoms with Gasteiger partial charge < -0.3 is 15.8 Å². The van der Waals surface area contributed by atoms with Gasteiger partial charge in [-0.05, 0) is 31.5 Å². The molecule has 1 atom stereocenters. The second-order valence-corrected chi connectivity index (χ2v) is 5.64. The van der Waals surface area contributed by atoms with Crippen LogP contribution >= 0.6 is 35.3 Å². The molecule has 7 heteroatoms. The summed E-state index contributed by atoms with van der Waals surface area (Å²) in [6.45, 7) is 4.46. The van der Waals surface area contributed by atoms with E-state index < -0.39 is 0 Å². The molecule has 0 bridgehead atoms. The molecule has 0 saturated carbocycles. The number of thiazole rings is 1. The Morgan fingerprint density at radius 2 is 2.27 bits per heavy atom. The van der Waals surface area contributed by atoms with Crippen LogP contribution in [0.1, 0.15) is 29.3 Å². The maximum absolute atomic E-state index is 5.89. The molecule has 2 aromatic rings. The fraction of sp³-hybridized carbons (Fsp3) is 0.333. The highest BCUT2D eigenvalue weighted by atomic mass is 127. The van der Waals surface area contributed by atoms with Crippen molar-refractivity contribution < 1.29 is 4.74 Å². The van der Waals surface area contributed by atoms with Gasteiger partial charge in [-0.2, -0.15) is 0 Å². The van der Waals surface area contributed by atoms with Gasteiger partial charge in [0.1, 0.15) is 11.1 Å². The lowest BCUT2D eigenvalue weighted by atomic mass is 10.2. The summed E-state index contributed by atoms with van der Waals surface area (Å²) in [7, 11) is 1.67. The van der Waals surface area contributed by atoms with Crippen LogP contribution in [-0.2, 0) is 11.3 Å². The third-order valence-corrected chi connectivity index (χ3v) is 4.03. The van der Waals surface area contributed by atoms with E-state index in [9.17, 15) is 0 Å². The summed E-state index contributed by atoms with van der Waals surface area (Å²) < 4.78 is 5.24. The van der Waals surface area contributed by atoms with Gasteiger partial charge >= 0.3 is 0 Å². The van der Waals surface area contributed by atoms with Crippen molar-refractivity contribution in [2.75, 3.05) is 12.4 Å². The molecule has 1 unspecified atom stereocenters. The number of aliphatic imine (C=N–C) groups is 1. The maximum atomic E-state index is 5.89. The molecule has 0 spiro atoms. The van der Waals surface area contributed by atoms with Crippen LogP contribution < -0.4 is 11.1 Å². The molecule has 1 heterocycles. The Morgan fingerprint density at radius 1 is 1.50 bits per heavy atom. The SMILES string of the molecule is COC(C)c1nc(CN=C(N)Nc2cccc(C)c2)cs1.I. The first kappa shape index (κ1) is 18.9. The number of aromatic nitrogens is 1. The standard InChI is InChI=1S/C15H20N4OS.HI/c1-10-5-4-6-12(7-10)19-15(16)17-8-13-9-21-14(18-13)11(2)20-3;/h4-7,9,11H,8H2,1-3H3,(H3,16,17,19);1H. The van der Waals surface area contributed by atoms with Crippen LogP contribution in [0.15, 0.2) is 34.6 Å². The highest BCUT2D eigenvalue weighted by Gasteiger charge is 2.08. The summed E-state index contributed by atoms with van der Waals surface area (Å²) in [6, 6.07) is 7.98. The number of methoxy groups -OCH3 is 1. The van der Waals surface area contributed by atoms with E-state index in [1.165, 1.54) is 5.56 Å². The van der Waals surface area contributed by atoms with Gasteiger partial charge in [-0.3, -0.25) is 0 Å². The molecule has 0 amide bonds. The normalized spacial score (nSPS) is 12.6. The van der Waals surface area contributed by atoms with Gasteiger partial charge in [-0.25, -0.2) is 9.98 Å². The Bertz CT molecular complexity index is 630. The molecule has 0 saturated heterocycles. The Labute approximate surface area is 152 Å². The number of halogens is 1. The van der Waals surface area contributed by atoms with E-state index in [2.05, 4.69) is 15.3 Å². The number of guanidine groups is 1. The lowest BCUT2D eigenvalue weighted by Gasteiger charge is -2.06. The molecule has 0 aliphatic heterocycles. The van der Waals surface area contributed by atoms with Crippen LogP contribution in [0.4, 0.5) is 5.69 Å². The Balaban J connectivity index is 0.00000242. The molecule has 0 radical (unpaired) electrons. The van der Waals surface area contributed by atoms with Crippen molar-refractivity contribution in [1.29, 1.82) is 0 Å². The third kappa shape index (κ3) is 5.54. The molecule has 22 heavy (non-hydrogen) atoms. The van der Waals surface area contributed by atoms with Gasteiger partial charge in [-0.1, -0.05) is 12.1 Å². The zero-order valence-corrected chi connectivity index (χ0v) is 16.0. The van der Waals surface area contributed by atoms with Crippen LogP contribution in [0.3, 0.4) is 0 Å². The average Bonchev–Trinajstić information content (AvgIpc) is 2.93. The fourth-order valence-electron chi connectivity index (χ4n) is 1.76.